The second kappa shape index (κ2) is 6.38. The van der Waals surface area contributed by atoms with E-state index >= 15 is 0 Å². The van der Waals surface area contributed by atoms with Crippen LogP contribution in [-0.2, 0) is 0 Å². The molecule has 18 heavy (non-hydrogen) atoms. The lowest BCUT2D eigenvalue weighted by atomic mass is 9.80. The van der Waals surface area contributed by atoms with Crippen molar-refractivity contribution in [1.29, 1.82) is 0 Å². The van der Waals surface area contributed by atoms with E-state index in [1.807, 2.05) is 0 Å². The van der Waals surface area contributed by atoms with Gasteiger partial charge in [-0.25, -0.2) is 0 Å². The number of nitrogens with one attached hydrogen (secondary N) is 1. The van der Waals surface area contributed by atoms with Crippen LogP contribution in [0.15, 0.2) is 0 Å². The van der Waals surface area contributed by atoms with Crippen molar-refractivity contribution in [3.05, 3.63) is 0 Å². The average molecular weight is 256 g/mol. The molecule has 110 valence electrons. The normalized spacial score (nSPS) is 15.8. The van der Waals surface area contributed by atoms with Gasteiger partial charge in [0.25, 0.3) is 0 Å². The van der Waals surface area contributed by atoms with E-state index in [1.165, 1.54) is 12.8 Å². The third-order valence-electron chi connectivity index (χ3n) is 3.08. The fourth-order valence-electron chi connectivity index (χ4n) is 2.91. The van der Waals surface area contributed by atoms with Gasteiger partial charge < -0.3 is 11.1 Å². The van der Waals surface area contributed by atoms with Gasteiger partial charge in [0.1, 0.15) is 0 Å². The third-order valence-corrected chi connectivity index (χ3v) is 3.08. The summed E-state index contributed by atoms with van der Waals surface area (Å²) in [5.74, 6) is 0.573. The summed E-state index contributed by atoms with van der Waals surface area (Å²) < 4.78 is 0. The van der Waals surface area contributed by atoms with E-state index in [9.17, 15) is 0 Å². The Morgan fingerprint density at radius 2 is 1.39 bits per heavy atom. The first-order valence-corrected chi connectivity index (χ1v) is 7.30. The maximum absolute atomic E-state index is 5.90. The molecule has 0 radical (unpaired) electrons. The largest absolute Gasteiger partial charge is 0.330 e. The average Bonchev–Trinajstić information content (AvgIpc) is 2.06. The van der Waals surface area contributed by atoms with E-state index in [1.54, 1.807) is 0 Å². The lowest BCUT2D eigenvalue weighted by Gasteiger charge is -2.35. The van der Waals surface area contributed by atoms with Gasteiger partial charge in [-0.3, -0.25) is 0 Å². The van der Waals surface area contributed by atoms with Gasteiger partial charge in [-0.15, -0.1) is 0 Å². The van der Waals surface area contributed by atoms with Crippen molar-refractivity contribution in [3.63, 3.8) is 0 Å². The predicted octanol–water partition coefficient (Wildman–Crippen LogP) is 3.80. The number of hydrogen-bond donors (Lipinski definition) is 2. The molecule has 1 unspecified atom stereocenters. The topological polar surface area (TPSA) is 38.0 Å². The highest BCUT2D eigenvalue weighted by atomic mass is 15.0. The fraction of sp³-hybridized carbons (Fsp3) is 1.00. The van der Waals surface area contributed by atoms with Gasteiger partial charge in [0.05, 0.1) is 0 Å². The summed E-state index contributed by atoms with van der Waals surface area (Å²) in [5, 5.41) is 3.71. The van der Waals surface area contributed by atoms with Gasteiger partial charge in [-0.1, -0.05) is 41.5 Å². The molecule has 0 aliphatic heterocycles. The maximum Gasteiger partial charge on any atom is 0.0130 e. The van der Waals surface area contributed by atoms with Crippen LogP contribution in [0.5, 0.6) is 0 Å². The molecule has 2 nitrogen and oxygen atoms in total. The molecule has 0 aromatic rings. The molecule has 0 aromatic heterocycles. The van der Waals surface area contributed by atoms with Gasteiger partial charge in [-0.2, -0.15) is 0 Å². The van der Waals surface area contributed by atoms with Crippen LogP contribution < -0.4 is 11.1 Å². The Labute approximate surface area is 115 Å². The first-order chi connectivity index (χ1) is 7.85. The first-order valence-electron chi connectivity index (χ1n) is 7.30. The smallest absolute Gasteiger partial charge is 0.0130 e. The molecule has 0 fully saturated rings. The molecule has 1 atom stereocenters. The van der Waals surface area contributed by atoms with Crippen molar-refractivity contribution in [3.8, 4) is 0 Å². The Kier molecular flexibility index (Phi) is 6.35. The van der Waals surface area contributed by atoms with E-state index in [0.29, 0.717) is 16.7 Å². The summed E-state index contributed by atoms with van der Waals surface area (Å²) in [6.07, 6.45) is 2.36. The second-order valence-corrected chi connectivity index (χ2v) is 8.87. The maximum atomic E-state index is 5.90. The fourth-order valence-corrected chi connectivity index (χ4v) is 2.91. The highest BCUT2D eigenvalue weighted by molar-refractivity contribution is 4.84. The van der Waals surface area contributed by atoms with E-state index in [-0.39, 0.29) is 5.54 Å². The first kappa shape index (κ1) is 17.9. The van der Waals surface area contributed by atoms with Crippen LogP contribution in [0.4, 0.5) is 0 Å². The van der Waals surface area contributed by atoms with Crippen molar-refractivity contribution >= 4 is 0 Å². The van der Waals surface area contributed by atoms with Gasteiger partial charge in [0, 0.05) is 5.54 Å². The van der Waals surface area contributed by atoms with E-state index in [2.05, 4.69) is 60.7 Å². The molecule has 0 aliphatic carbocycles. The summed E-state index contributed by atoms with van der Waals surface area (Å²) >= 11 is 0. The Morgan fingerprint density at radius 1 is 0.889 bits per heavy atom. The van der Waals surface area contributed by atoms with Gasteiger partial charge >= 0.3 is 0 Å². The molecule has 0 aromatic carbocycles. The molecule has 0 bridgehead atoms. The Hall–Kier alpha value is -0.0800. The summed E-state index contributed by atoms with van der Waals surface area (Å²) in [6, 6.07) is 0. The van der Waals surface area contributed by atoms with Crippen molar-refractivity contribution in [1.82, 2.24) is 5.32 Å². The Morgan fingerprint density at radius 3 is 1.72 bits per heavy atom. The highest BCUT2D eigenvalue weighted by Gasteiger charge is 2.26. The molecule has 0 saturated heterocycles. The molecule has 0 aliphatic rings. The minimum atomic E-state index is 0.184. The quantitative estimate of drug-likeness (QED) is 0.758. The van der Waals surface area contributed by atoms with Gasteiger partial charge in [0.2, 0.25) is 0 Å². The van der Waals surface area contributed by atoms with Crippen LogP contribution >= 0.6 is 0 Å². The zero-order chi connectivity index (χ0) is 14.6. The summed E-state index contributed by atoms with van der Waals surface area (Å²) in [7, 11) is 0. The monoisotopic (exact) mass is 256 g/mol. The Balaban J connectivity index is 4.27. The minimum Gasteiger partial charge on any atom is -0.330 e. The van der Waals surface area contributed by atoms with E-state index < -0.39 is 0 Å². The van der Waals surface area contributed by atoms with Crippen LogP contribution in [-0.4, -0.2) is 18.6 Å². The molecular weight excluding hydrogens is 220 g/mol. The van der Waals surface area contributed by atoms with Crippen molar-refractivity contribution in [2.75, 3.05) is 13.1 Å². The predicted molar refractivity (Wildman–Crippen MR) is 82.8 cm³/mol. The molecule has 0 spiro atoms. The molecule has 0 saturated carbocycles. The van der Waals surface area contributed by atoms with E-state index in [0.717, 1.165) is 13.1 Å². The lowest BCUT2D eigenvalue weighted by molar-refractivity contribution is 0.216. The Bertz CT molecular complexity index is 230. The van der Waals surface area contributed by atoms with Crippen molar-refractivity contribution in [2.24, 2.45) is 22.5 Å². The van der Waals surface area contributed by atoms with Crippen LogP contribution in [0.3, 0.4) is 0 Å². The lowest BCUT2D eigenvalue weighted by Crippen LogP contribution is -2.46. The van der Waals surface area contributed by atoms with Crippen LogP contribution in [0.25, 0.3) is 0 Å². The van der Waals surface area contributed by atoms with Crippen molar-refractivity contribution < 1.29 is 0 Å². The number of nitrogens with two attached hydrogens (primary N) is 1. The standard InChI is InChI=1S/C16H36N2/c1-14(2,3)9-13(10-17)11-18-16(7,8)12-15(4,5)6/h13,18H,9-12,17H2,1-8H3. The van der Waals surface area contributed by atoms with Crippen molar-refractivity contribution in [2.45, 2.75) is 73.8 Å². The van der Waals surface area contributed by atoms with Crippen LogP contribution in [0.1, 0.15) is 68.2 Å². The van der Waals surface area contributed by atoms with Gasteiger partial charge in [-0.05, 0) is 56.5 Å². The molecule has 0 amide bonds. The number of hydrogen-bond acceptors (Lipinski definition) is 2. The van der Waals surface area contributed by atoms with Gasteiger partial charge in [0.15, 0.2) is 0 Å². The second-order valence-electron chi connectivity index (χ2n) is 8.87. The molecule has 0 rings (SSSR count). The molecule has 2 heteroatoms. The minimum absolute atomic E-state index is 0.184. The molecule has 3 N–H and O–H groups in total. The summed E-state index contributed by atoms with van der Waals surface area (Å²) in [4.78, 5) is 0. The molecular formula is C16H36N2. The number of rotatable bonds is 6. The van der Waals surface area contributed by atoms with E-state index in [4.69, 9.17) is 5.73 Å². The van der Waals surface area contributed by atoms with Crippen LogP contribution in [0, 0.1) is 16.7 Å². The third kappa shape index (κ3) is 9.90. The summed E-state index contributed by atoms with van der Waals surface area (Å²) in [6.45, 7) is 20.1. The summed E-state index contributed by atoms with van der Waals surface area (Å²) in [5.41, 5.74) is 6.80. The SMILES string of the molecule is CC(C)(C)CC(CN)CNC(C)(C)CC(C)(C)C. The zero-order valence-corrected chi connectivity index (χ0v) is 14.0. The zero-order valence-electron chi connectivity index (χ0n) is 14.0. The van der Waals surface area contributed by atoms with Crippen LogP contribution in [0.2, 0.25) is 0 Å². The highest BCUT2D eigenvalue weighted by Crippen LogP contribution is 2.28. The molecule has 0 heterocycles.